The lowest BCUT2D eigenvalue weighted by Crippen LogP contribution is -2.53. The van der Waals surface area contributed by atoms with E-state index in [2.05, 4.69) is 25.7 Å². The van der Waals surface area contributed by atoms with Crippen LogP contribution in [0.1, 0.15) is 30.9 Å². The number of ether oxygens (including phenoxy) is 1. The normalized spacial score (nSPS) is 17.6. The van der Waals surface area contributed by atoms with E-state index in [1.54, 1.807) is 15.4 Å². The van der Waals surface area contributed by atoms with Gasteiger partial charge in [-0.05, 0) is 43.5 Å². The summed E-state index contributed by atoms with van der Waals surface area (Å²) in [5.74, 6) is 2.52. The zero-order chi connectivity index (χ0) is 23.2. The Bertz CT molecular complexity index is 1360. The first-order valence-corrected chi connectivity index (χ1v) is 11.3. The van der Waals surface area contributed by atoms with Crippen LogP contribution in [0.4, 0.5) is 16.4 Å². The molecule has 11 heteroatoms. The van der Waals surface area contributed by atoms with Crippen LogP contribution in [-0.4, -0.2) is 64.9 Å². The maximum atomic E-state index is 11.2. The highest BCUT2D eigenvalue weighted by Gasteiger charge is 2.33. The van der Waals surface area contributed by atoms with E-state index < -0.39 is 6.09 Å². The molecule has 1 saturated carbocycles. The Hall–Kier alpha value is -4.15. The predicted octanol–water partition coefficient (Wildman–Crippen LogP) is 3.28. The van der Waals surface area contributed by atoms with Gasteiger partial charge in [0.2, 0.25) is 0 Å². The number of fused-ring (bicyclic) bond motifs is 1. The minimum Gasteiger partial charge on any atom is -0.487 e. The van der Waals surface area contributed by atoms with Crippen molar-refractivity contribution in [2.24, 2.45) is 7.05 Å². The molecule has 0 aromatic carbocycles. The van der Waals surface area contributed by atoms with E-state index in [9.17, 15) is 9.90 Å². The molecule has 1 atom stereocenters. The molecule has 174 valence electrons. The van der Waals surface area contributed by atoms with E-state index in [0.717, 1.165) is 28.9 Å². The maximum Gasteiger partial charge on any atom is 0.407 e. The Labute approximate surface area is 195 Å². The number of nitrogens with one attached hydrogen (secondary N) is 1. The second-order valence-corrected chi connectivity index (χ2v) is 8.77. The van der Waals surface area contributed by atoms with E-state index in [1.165, 1.54) is 17.7 Å². The summed E-state index contributed by atoms with van der Waals surface area (Å²) in [7, 11) is 1.85. The molecular formula is C23H24N8O3. The molecule has 0 spiro atoms. The number of likely N-dealkylation sites (tertiary alicyclic amines) is 1. The fourth-order valence-corrected chi connectivity index (χ4v) is 4.24. The van der Waals surface area contributed by atoms with E-state index in [1.807, 2.05) is 43.6 Å². The Morgan fingerprint density at radius 3 is 2.76 bits per heavy atom. The van der Waals surface area contributed by atoms with E-state index in [0.29, 0.717) is 36.5 Å². The van der Waals surface area contributed by atoms with E-state index in [-0.39, 0.29) is 6.04 Å². The molecule has 4 aromatic rings. The molecule has 1 saturated heterocycles. The van der Waals surface area contributed by atoms with Gasteiger partial charge in [-0.1, -0.05) is 0 Å². The second kappa shape index (κ2) is 8.01. The predicted molar refractivity (Wildman–Crippen MR) is 123 cm³/mol. The van der Waals surface area contributed by atoms with Crippen molar-refractivity contribution in [2.45, 2.75) is 31.2 Å². The molecule has 1 unspecified atom stereocenters. The van der Waals surface area contributed by atoms with Crippen LogP contribution < -0.4 is 10.1 Å². The van der Waals surface area contributed by atoms with Crippen LogP contribution in [-0.2, 0) is 7.05 Å². The molecular weight excluding hydrogens is 436 g/mol. The first kappa shape index (κ1) is 20.5. The molecule has 2 aliphatic rings. The zero-order valence-corrected chi connectivity index (χ0v) is 18.6. The van der Waals surface area contributed by atoms with Crippen LogP contribution in [0.3, 0.4) is 0 Å². The van der Waals surface area contributed by atoms with Gasteiger partial charge in [0.25, 0.3) is 0 Å². The third-order valence-electron chi connectivity index (χ3n) is 6.40. The summed E-state index contributed by atoms with van der Waals surface area (Å²) >= 11 is 0. The van der Waals surface area contributed by atoms with Crippen molar-refractivity contribution in [3.05, 3.63) is 48.4 Å². The number of pyridine rings is 1. The summed E-state index contributed by atoms with van der Waals surface area (Å²) < 4.78 is 9.52. The molecule has 0 bridgehead atoms. The number of anilines is 2. The standard InChI is InChI=1S/C23H24N8O3/c1-29-22(19(12-24-29)34-13-16-7-8-30(16)23(32)33)15-6-9-31-17(10-15)11-21(28-31)25-20-5-4-18(26-27-20)14-2-3-14/h4-6,9-12,14,16H,2-3,7-8,13H2,1H3,(H,32,33)(H,25,27,28). The number of aryl methyl sites for hydroxylation is 1. The number of carboxylic acid groups (broad SMARTS) is 1. The van der Waals surface area contributed by atoms with Crippen LogP contribution in [0.25, 0.3) is 16.8 Å². The van der Waals surface area contributed by atoms with Gasteiger partial charge in [-0.2, -0.15) is 15.3 Å². The minimum atomic E-state index is -0.910. The Morgan fingerprint density at radius 2 is 2.06 bits per heavy atom. The highest BCUT2D eigenvalue weighted by Crippen LogP contribution is 2.38. The van der Waals surface area contributed by atoms with Gasteiger partial charge < -0.3 is 20.1 Å². The summed E-state index contributed by atoms with van der Waals surface area (Å²) in [6, 6.07) is 9.72. The van der Waals surface area contributed by atoms with Crippen molar-refractivity contribution in [2.75, 3.05) is 18.5 Å². The van der Waals surface area contributed by atoms with Crippen molar-refractivity contribution in [1.29, 1.82) is 0 Å². The maximum absolute atomic E-state index is 11.2. The summed E-state index contributed by atoms with van der Waals surface area (Å²) in [5.41, 5.74) is 3.69. The lowest BCUT2D eigenvalue weighted by atomic mass is 10.1. The lowest BCUT2D eigenvalue weighted by molar-refractivity contribution is 0.0501. The largest absolute Gasteiger partial charge is 0.487 e. The van der Waals surface area contributed by atoms with E-state index >= 15 is 0 Å². The number of hydrogen-bond donors (Lipinski definition) is 2. The highest BCUT2D eigenvalue weighted by atomic mass is 16.5. The van der Waals surface area contributed by atoms with Gasteiger partial charge >= 0.3 is 6.09 Å². The topological polar surface area (TPSA) is 123 Å². The quantitative estimate of drug-likeness (QED) is 0.431. The SMILES string of the molecule is Cn1ncc(OCC2CCN2C(=O)O)c1-c1ccn2nc(Nc3ccc(C4CC4)nn3)cc2c1. The van der Waals surface area contributed by atoms with Gasteiger partial charge in [-0.3, -0.25) is 4.68 Å². The van der Waals surface area contributed by atoms with Crippen molar-refractivity contribution in [3.63, 3.8) is 0 Å². The Kier molecular flexibility index (Phi) is 4.82. The molecule has 5 heterocycles. The fraction of sp³-hybridized carbons (Fsp3) is 0.348. The van der Waals surface area contributed by atoms with Crippen molar-refractivity contribution in [1.82, 2.24) is 34.5 Å². The van der Waals surface area contributed by atoms with Crippen molar-refractivity contribution in [3.8, 4) is 17.0 Å². The van der Waals surface area contributed by atoms with Gasteiger partial charge in [-0.25, -0.2) is 9.31 Å². The van der Waals surface area contributed by atoms with Gasteiger partial charge in [-0.15, -0.1) is 5.10 Å². The van der Waals surface area contributed by atoms with Crippen LogP contribution >= 0.6 is 0 Å². The smallest absolute Gasteiger partial charge is 0.407 e. The first-order valence-electron chi connectivity index (χ1n) is 11.3. The number of rotatable bonds is 7. The van der Waals surface area contributed by atoms with Crippen molar-refractivity contribution < 1.29 is 14.6 Å². The molecule has 2 N–H and O–H groups in total. The molecule has 1 aliphatic heterocycles. The first-order chi connectivity index (χ1) is 16.5. The molecule has 6 rings (SSSR count). The summed E-state index contributed by atoms with van der Waals surface area (Å²) in [6.45, 7) is 0.850. The summed E-state index contributed by atoms with van der Waals surface area (Å²) in [4.78, 5) is 12.6. The Balaban J connectivity index is 1.20. The molecule has 2 fully saturated rings. The van der Waals surface area contributed by atoms with Gasteiger partial charge in [0, 0.05) is 37.3 Å². The fourth-order valence-electron chi connectivity index (χ4n) is 4.24. The van der Waals surface area contributed by atoms with Crippen LogP contribution in [0.5, 0.6) is 5.75 Å². The second-order valence-electron chi connectivity index (χ2n) is 8.77. The van der Waals surface area contributed by atoms with Gasteiger partial charge in [0.15, 0.2) is 17.4 Å². The monoisotopic (exact) mass is 460 g/mol. The third-order valence-corrected chi connectivity index (χ3v) is 6.40. The number of hydrogen-bond acceptors (Lipinski definition) is 7. The molecule has 1 amide bonds. The summed E-state index contributed by atoms with van der Waals surface area (Å²) in [5, 5.41) is 29.9. The molecule has 0 radical (unpaired) electrons. The molecule has 34 heavy (non-hydrogen) atoms. The van der Waals surface area contributed by atoms with Crippen LogP contribution in [0, 0.1) is 0 Å². The highest BCUT2D eigenvalue weighted by molar-refractivity contribution is 5.73. The number of carbonyl (C=O) groups is 1. The molecule has 4 aromatic heterocycles. The minimum absolute atomic E-state index is 0.127. The molecule has 11 nitrogen and oxygen atoms in total. The summed E-state index contributed by atoms with van der Waals surface area (Å²) in [6.07, 6.45) is 5.82. The zero-order valence-electron chi connectivity index (χ0n) is 18.6. The number of aromatic nitrogens is 6. The third kappa shape index (κ3) is 3.78. The number of nitrogens with zero attached hydrogens (tertiary/aromatic N) is 7. The lowest BCUT2D eigenvalue weighted by Gasteiger charge is -2.38. The van der Waals surface area contributed by atoms with Crippen LogP contribution in [0.15, 0.2) is 42.7 Å². The van der Waals surface area contributed by atoms with Crippen molar-refractivity contribution >= 4 is 23.2 Å². The van der Waals surface area contributed by atoms with Crippen LogP contribution in [0.2, 0.25) is 0 Å². The number of amides is 1. The molecule has 1 aliphatic carbocycles. The average Bonchev–Trinajstić information content (AvgIpc) is 3.47. The Morgan fingerprint density at radius 1 is 1.18 bits per heavy atom. The van der Waals surface area contributed by atoms with Gasteiger partial charge in [0.05, 0.1) is 23.4 Å². The van der Waals surface area contributed by atoms with E-state index in [4.69, 9.17) is 4.74 Å². The van der Waals surface area contributed by atoms with Gasteiger partial charge in [0.1, 0.15) is 12.3 Å². The average molecular weight is 460 g/mol.